The zero-order valence-electron chi connectivity index (χ0n) is 13.7. The maximum absolute atomic E-state index is 12.3. The summed E-state index contributed by atoms with van der Waals surface area (Å²) >= 11 is 0. The van der Waals surface area contributed by atoms with E-state index in [9.17, 15) is 8.42 Å². The van der Waals surface area contributed by atoms with Crippen LogP contribution in [0.4, 0.5) is 0 Å². The van der Waals surface area contributed by atoms with Gasteiger partial charge in [-0.2, -0.15) is 0 Å². The Hall–Kier alpha value is -0.250. The summed E-state index contributed by atoms with van der Waals surface area (Å²) in [7, 11) is -3.23. The summed E-state index contributed by atoms with van der Waals surface area (Å²) in [4.78, 5) is 2.26. The molecule has 0 amide bonds. The minimum absolute atomic E-state index is 0.0289. The van der Waals surface area contributed by atoms with Crippen LogP contribution in [0.15, 0.2) is 0 Å². The van der Waals surface area contributed by atoms with E-state index in [2.05, 4.69) is 9.62 Å². The Morgan fingerprint density at radius 3 is 2.70 bits per heavy atom. The van der Waals surface area contributed by atoms with Crippen molar-refractivity contribution in [3.63, 3.8) is 0 Å². The standard InChI is InChI=1S/C15H28N2O5S/c18-23(19,11-1-4-17-5-9-20-10-6-17)16-14-2-7-22-15(12-14)3-8-21-13-15/h14,16H,1-13H2. The van der Waals surface area contributed by atoms with Gasteiger partial charge >= 0.3 is 0 Å². The van der Waals surface area contributed by atoms with Gasteiger partial charge in [0.1, 0.15) is 0 Å². The first-order valence-corrected chi connectivity index (χ1v) is 10.2. The first-order valence-electron chi connectivity index (χ1n) is 8.59. The second kappa shape index (κ2) is 7.76. The average molecular weight is 348 g/mol. The van der Waals surface area contributed by atoms with E-state index < -0.39 is 10.0 Å². The number of ether oxygens (including phenoxy) is 3. The SMILES string of the molecule is O=S(=O)(CCCN1CCOCC1)NC1CCOC2(CCOC2)C1. The number of nitrogens with one attached hydrogen (secondary N) is 1. The van der Waals surface area contributed by atoms with Gasteiger partial charge in [0.15, 0.2) is 0 Å². The molecule has 3 saturated heterocycles. The number of rotatable bonds is 6. The predicted octanol–water partition coefficient (Wildman–Crippen LogP) is -0.0338. The van der Waals surface area contributed by atoms with Gasteiger partial charge in [-0.15, -0.1) is 0 Å². The van der Waals surface area contributed by atoms with Crippen molar-refractivity contribution in [3.8, 4) is 0 Å². The van der Waals surface area contributed by atoms with Crippen LogP contribution in [0.3, 0.4) is 0 Å². The molecular weight excluding hydrogens is 320 g/mol. The van der Waals surface area contributed by atoms with Gasteiger partial charge in [0.25, 0.3) is 0 Å². The minimum Gasteiger partial charge on any atom is -0.379 e. The smallest absolute Gasteiger partial charge is 0.211 e. The Bertz CT molecular complexity index is 472. The van der Waals surface area contributed by atoms with Crippen LogP contribution in [0.25, 0.3) is 0 Å². The van der Waals surface area contributed by atoms with E-state index in [1.54, 1.807) is 0 Å². The minimum atomic E-state index is -3.23. The summed E-state index contributed by atoms with van der Waals surface area (Å²) in [5, 5.41) is 0. The van der Waals surface area contributed by atoms with Crippen LogP contribution in [0.1, 0.15) is 25.7 Å². The lowest BCUT2D eigenvalue weighted by Crippen LogP contribution is -2.49. The van der Waals surface area contributed by atoms with Crippen LogP contribution in [0, 0.1) is 0 Å². The second-order valence-electron chi connectivity index (χ2n) is 6.77. The van der Waals surface area contributed by atoms with Crippen molar-refractivity contribution in [3.05, 3.63) is 0 Å². The number of nitrogens with zero attached hydrogens (tertiary/aromatic N) is 1. The fourth-order valence-electron chi connectivity index (χ4n) is 3.61. The van der Waals surface area contributed by atoms with Gasteiger partial charge in [-0.1, -0.05) is 0 Å². The molecule has 3 heterocycles. The molecule has 7 nitrogen and oxygen atoms in total. The molecule has 1 spiro atoms. The largest absolute Gasteiger partial charge is 0.379 e. The number of morpholine rings is 1. The van der Waals surface area contributed by atoms with E-state index in [1.165, 1.54) is 0 Å². The third-order valence-electron chi connectivity index (χ3n) is 4.90. The summed E-state index contributed by atoms with van der Waals surface area (Å²) in [6, 6.07) is -0.0289. The molecule has 3 fully saturated rings. The monoisotopic (exact) mass is 348 g/mol. The van der Waals surface area contributed by atoms with Crippen LogP contribution in [0.5, 0.6) is 0 Å². The molecule has 1 N–H and O–H groups in total. The molecule has 3 aliphatic heterocycles. The Balaban J connectivity index is 1.42. The van der Waals surface area contributed by atoms with E-state index in [0.29, 0.717) is 26.2 Å². The third kappa shape index (κ3) is 5.11. The molecule has 2 atom stereocenters. The highest BCUT2D eigenvalue weighted by molar-refractivity contribution is 7.89. The van der Waals surface area contributed by atoms with Gasteiger partial charge in [-0.3, -0.25) is 4.90 Å². The molecule has 134 valence electrons. The molecule has 0 bridgehead atoms. The number of hydrogen-bond acceptors (Lipinski definition) is 6. The van der Waals surface area contributed by atoms with Crippen molar-refractivity contribution >= 4 is 10.0 Å². The van der Waals surface area contributed by atoms with E-state index in [0.717, 1.165) is 52.1 Å². The van der Waals surface area contributed by atoms with Crippen LogP contribution < -0.4 is 4.72 Å². The molecular formula is C15H28N2O5S. The topological polar surface area (TPSA) is 77.1 Å². The molecule has 0 aliphatic carbocycles. The molecule has 8 heteroatoms. The van der Waals surface area contributed by atoms with Crippen LogP contribution in [0.2, 0.25) is 0 Å². The van der Waals surface area contributed by atoms with Crippen molar-refractivity contribution in [1.82, 2.24) is 9.62 Å². The lowest BCUT2D eigenvalue weighted by Gasteiger charge is -2.37. The summed E-state index contributed by atoms with van der Waals surface area (Å²) in [6.07, 6.45) is 2.98. The lowest BCUT2D eigenvalue weighted by atomic mass is 9.90. The lowest BCUT2D eigenvalue weighted by molar-refractivity contribution is -0.0868. The van der Waals surface area contributed by atoms with Crippen LogP contribution >= 0.6 is 0 Å². The third-order valence-corrected chi connectivity index (χ3v) is 6.42. The maximum Gasteiger partial charge on any atom is 0.211 e. The van der Waals surface area contributed by atoms with Gasteiger partial charge in [-0.25, -0.2) is 13.1 Å². The molecule has 0 aromatic heterocycles. The van der Waals surface area contributed by atoms with Gasteiger partial charge in [0.2, 0.25) is 10.0 Å². The van der Waals surface area contributed by atoms with Crippen molar-refractivity contribution in [1.29, 1.82) is 0 Å². The molecule has 2 unspecified atom stereocenters. The van der Waals surface area contributed by atoms with Crippen LogP contribution in [-0.4, -0.2) is 83.4 Å². The highest BCUT2D eigenvalue weighted by Gasteiger charge is 2.41. The average Bonchev–Trinajstić information content (AvgIpc) is 2.95. The highest BCUT2D eigenvalue weighted by Crippen LogP contribution is 2.33. The molecule has 3 aliphatic rings. The zero-order chi connectivity index (χ0) is 16.2. The maximum atomic E-state index is 12.3. The molecule has 23 heavy (non-hydrogen) atoms. The molecule has 0 aromatic carbocycles. The predicted molar refractivity (Wildman–Crippen MR) is 85.9 cm³/mol. The van der Waals surface area contributed by atoms with Gasteiger partial charge in [0.05, 0.1) is 31.2 Å². The quantitative estimate of drug-likeness (QED) is 0.726. The van der Waals surface area contributed by atoms with E-state index in [1.807, 2.05) is 0 Å². The zero-order valence-corrected chi connectivity index (χ0v) is 14.5. The van der Waals surface area contributed by atoms with E-state index in [4.69, 9.17) is 14.2 Å². The van der Waals surface area contributed by atoms with E-state index in [-0.39, 0.29) is 17.4 Å². The van der Waals surface area contributed by atoms with Gasteiger partial charge in [0, 0.05) is 38.8 Å². The first kappa shape index (κ1) is 17.6. The van der Waals surface area contributed by atoms with Crippen molar-refractivity contribution in [2.24, 2.45) is 0 Å². The Morgan fingerprint density at radius 1 is 1.13 bits per heavy atom. The summed E-state index contributed by atoms with van der Waals surface area (Å²) < 4.78 is 44.1. The first-order chi connectivity index (χ1) is 11.1. The van der Waals surface area contributed by atoms with E-state index >= 15 is 0 Å². The second-order valence-corrected chi connectivity index (χ2v) is 8.64. The summed E-state index contributed by atoms with van der Waals surface area (Å²) in [5.41, 5.74) is -0.265. The van der Waals surface area contributed by atoms with Crippen molar-refractivity contribution in [2.45, 2.75) is 37.3 Å². The Labute approximate surface area is 138 Å². The molecule has 3 rings (SSSR count). The highest BCUT2D eigenvalue weighted by atomic mass is 32.2. The Kier molecular flexibility index (Phi) is 5.92. The molecule has 0 aromatic rings. The fourth-order valence-corrected chi connectivity index (χ4v) is 4.94. The fraction of sp³-hybridized carbons (Fsp3) is 1.00. The van der Waals surface area contributed by atoms with Gasteiger partial charge in [-0.05, 0) is 25.8 Å². The molecule has 0 radical (unpaired) electrons. The Morgan fingerprint density at radius 2 is 1.96 bits per heavy atom. The van der Waals surface area contributed by atoms with Crippen molar-refractivity contribution in [2.75, 3.05) is 58.4 Å². The molecule has 0 saturated carbocycles. The summed E-state index contributed by atoms with van der Waals surface area (Å²) in [6.45, 7) is 6.00. The van der Waals surface area contributed by atoms with Crippen molar-refractivity contribution < 1.29 is 22.6 Å². The normalized spacial score (nSPS) is 33.3. The van der Waals surface area contributed by atoms with Crippen LogP contribution in [-0.2, 0) is 24.2 Å². The number of hydrogen-bond donors (Lipinski definition) is 1. The van der Waals surface area contributed by atoms with Gasteiger partial charge < -0.3 is 14.2 Å². The summed E-state index contributed by atoms with van der Waals surface area (Å²) in [5.74, 6) is 0.186. The number of sulfonamides is 1.